The third-order valence-electron chi connectivity index (χ3n) is 5.87. The number of thioether (sulfide) groups is 1. The number of Topliss-reactive ketones (excluding diaryl/α,β-unsaturated/α-hetero) is 1. The normalized spacial score (nSPS) is 24.4. The highest BCUT2D eigenvalue weighted by Crippen LogP contribution is 2.42. The van der Waals surface area contributed by atoms with Gasteiger partial charge in [-0.3, -0.25) is 4.79 Å². The van der Waals surface area contributed by atoms with Crippen LogP contribution in [0.15, 0.2) is 51.7 Å². The molecule has 1 aromatic carbocycles. The molecule has 0 aromatic heterocycles. The van der Waals surface area contributed by atoms with Crippen molar-refractivity contribution in [2.75, 3.05) is 19.5 Å². The molecule has 6 heteroatoms. The molecule has 0 unspecified atom stereocenters. The summed E-state index contributed by atoms with van der Waals surface area (Å²) in [5, 5.41) is 3.33. The molecule has 1 N–H and O–H groups in total. The molecule has 2 atom stereocenters. The van der Waals surface area contributed by atoms with Crippen LogP contribution in [0.4, 0.5) is 0 Å². The lowest BCUT2D eigenvalue weighted by atomic mass is 9.75. The Labute approximate surface area is 175 Å². The highest BCUT2D eigenvalue weighted by molar-refractivity contribution is 7.98. The van der Waals surface area contributed by atoms with Crippen molar-refractivity contribution < 1.29 is 19.1 Å². The zero-order valence-corrected chi connectivity index (χ0v) is 17.8. The van der Waals surface area contributed by atoms with Gasteiger partial charge in [0.15, 0.2) is 5.78 Å². The van der Waals surface area contributed by atoms with Crippen molar-refractivity contribution in [1.29, 1.82) is 0 Å². The van der Waals surface area contributed by atoms with Crippen LogP contribution in [0.3, 0.4) is 0 Å². The lowest BCUT2D eigenvalue weighted by Gasteiger charge is -2.34. The Hall–Kier alpha value is -2.05. The van der Waals surface area contributed by atoms with Gasteiger partial charge in [-0.1, -0.05) is 12.1 Å². The highest BCUT2D eigenvalue weighted by atomic mass is 32.2. The molecule has 2 aliphatic heterocycles. The van der Waals surface area contributed by atoms with Crippen molar-refractivity contribution >= 4 is 23.5 Å². The molecule has 1 aromatic rings. The minimum atomic E-state index is -0.382. The topological polar surface area (TPSA) is 64.6 Å². The number of nitrogens with one attached hydrogen (secondary N) is 1. The summed E-state index contributed by atoms with van der Waals surface area (Å²) in [4.78, 5) is 27.2. The fourth-order valence-electron chi connectivity index (χ4n) is 4.41. The monoisotopic (exact) mass is 413 g/mol. The first-order valence-corrected chi connectivity index (χ1v) is 11.5. The first kappa shape index (κ1) is 20.2. The summed E-state index contributed by atoms with van der Waals surface area (Å²) in [6, 6.07) is 8.13. The predicted molar refractivity (Wildman–Crippen MR) is 113 cm³/mol. The number of ketones is 1. The number of carbonyl (C=O) groups is 2. The smallest absolute Gasteiger partial charge is 0.336 e. The fourth-order valence-corrected chi connectivity index (χ4v) is 4.81. The minimum absolute atomic E-state index is 0.0261. The summed E-state index contributed by atoms with van der Waals surface area (Å²) in [5.41, 5.74) is 3.94. The first-order valence-electron chi connectivity index (χ1n) is 10.2. The summed E-state index contributed by atoms with van der Waals surface area (Å²) in [7, 11) is 0. The van der Waals surface area contributed by atoms with Gasteiger partial charge in [-0.05, 0) is 56.6 Å². The number of allylic oxidation sites excluding steroid dienone is 3. The van der Waals surface area contributed by atoms with Crippen LogP contribution >= 0.6 is 11.8 Å². The van der Waals surface area contributed by atoms with Gasteiger partial charge in [0, 0.05) is 40.8 Å². The number of carbonyl (C=O) groups excluding carboxylic acids is 2. The molecule has 4 rings (SSSR count). The second-order valence-electron chi connectivity index (χ2n) is 7.77. The second-order valence-corrected chi connectivity index (χ2v) is 8.65. The summed E-state index contributed by atoms with van der Waals surface area (Å²) in [6.45, 7) is 2.88. The Bertz CT molecular complexity index is 865. The van der Waals surface area contributed by atoms with E-state index in [2.05, 4.69) is 5.32 Å². The number of hydrogen-bond donors (Lipinski definition) is 1. The Balaban J connectivity index is 1.68. The Morgan fingerprint density at radius 2 is 2.03 bits per heavy atom. The average Bonchev–Trinajstić information content (AvgIpc) is 3.25. The standard InChI is InChI=1S/C23H27NO4S/c1-14-20(23(26)28-13-16-5-4-12-27-16)21(15-8-10-17(29-2)11-9-15)22-18(24-14)6-3-7-19(22)25/h8-11,16,21,24H,3-7,12-13H2,1-2H3/t16-,21+/m0/s1. The second kappa shape index (κ2) is 8.76. The molecule has 1 saturated heterocycles. The van der Waals surface area contributed by atoms with Gasteiger partial charge in [0.25, 0.3) is 0 Å². The van der Waals surface area contributed by atoms with E-state index in [9.17, 15) is 9.59 Å². The van der Waals surface area contributed by atoms with Gasteiger partial charge in [0.1, 0.15) is 6.61 Å². The van der Waals surface area contributed by atoms with Gasteiger partial charge in [0.2, 0.25) is 0 Å². The average molecular weight is 414 g/mol. The van der Waals surface area contributed by atoms with E-state index in [1.807, 2.05) is 37.4 Å². The molecule has 0 bridgehead atoms. The van der Waals surface area contributed by atoms with Crippen LogP contribution in [0.2, 0.25) is 0 Å². The third kappa shape index (κ3) is 4.14. The van der Waals surface area contributed by atoms with Crippen LogP contribution in [0, 0.1) is 0 Å². The first-order chi connectivity index (χ1) is 14.1. The number of rotatable bonds is 5. The maximum atomic E-state index is 13.1. The Morgan fingerprint density at radius 1 is 1.24 bits per heavy atom. The van der Waals surface area contributed by atoms with Crippen LogP contribution < -0.4 is 5.32 Å². The summed E-state index contributed by atoms with van der Waals surface area (Å²) < 4.78 is 11.2. The van der Waals surface area contributed by atoms with Gasteiger partial charge < -0.3 is 14.8 Å². The maximum absolute atomic E-state index is 13.1. The molecule has 0 saturated carbocycles. The number of dihydropyridines is 1. The SMILES string of the molecule is CSc1ccc([C@@H]2C(C(=O)OC[C@@H]3CCCO3)=C(C)NC3=C2C(=O)CCC3)cc1. The molecule has 154 valence electrons. The number of esters is 1. The van der Waals surface area contributed by atoms with Crippen LogP contribution in [0.1, 0.15) is 50.5 Å². The van der Waals surface area contributed by atoms with Crippen LogP contribution in [0.5, 0.6) is 0 Å². The Kier molecular flexibility index (Phi) is 6.11. The van der Waals surface area contributed by atoms with E-state index < -0.39 is 0 Å². The van der Waals surface area contributed by atoms with Gasteiger partial charge in [-0.15, -0.1) is 11.8 Å². The van der Waals surface area contributed by atoms with Gasteiger partial charge in [-0.25, -0.2) is 4.79 Å². The number of benzene rings is 1. The molecule has 2 heterocycles. The van der Waals surface area contributed by atoms with Crippen LogP contribution in [-0.4, -0.2) is 37.3 Å². The van der Waals surface area contributed by atoms with Crippen molar-refractivity contribution in [2.45, 2.75) is 55.9 Å². The molecular weight excluding hydrogens is 386 g/mol. The summed E-state index contributed by atoms with van der Waals surface area (Å²) in [5.74, 6) is -0.629. The molecule has 0 spiro atoms. The predicted octanol–water partition coefficient (Wildman–Crippen LogP) is 4.10. The third-order valence-corrected chi connectivity index (χ3v) is 6.61. The van der Waals surface area contributed by atoms with E-state index in [0.717, 1.165) is 59.7 Å². The van der Waals surface area contributed by atoms with E-state index >= 15 is 0 Å². The van der Waals surface area contributed by atoms with Crippen molar-refractivity contribution in [3.8, 4) is 0 Å². The molecule has 1 aliphatic carbocycles. The quantitative estimate of drug-likeness (QED) is 0.579. The van der Waals surface area contributed by atoms with Gasteiger partial charge in [-0.2, -0.15) is 0 Å². The maximum Gasteiger partial charge on any atom is 0.336 e. The zero-order valence-electron chi connectivity index (χ0n) is 17.0. The van der Waals surface area contributed by atoms with E-state index in [4.69, 9.17) is 9.47 Å². The molecule has 29 heavy (non-hydrogen) atoms. The molecule has 5 nitrogen and oxygen atoms in total. The molecule has 3 aliphatic rings. The highest BCUT2D eigenvalue weighted by Gasteiger charge is 2.39. The fraction of sp³-hybridized carbons (Fsp3) is 0.478. The zero-order chi connectivity index (χ0) is 20.4. The minimum Gasteiger partial charge on any atom is -0.459 e. The Morgan fingerprint density at radius 3 is 2.72 bits per heavy atom. The molecule has 1 fully saturated rings. The number of ether oxygens (including phenoxy) is 2. The summed E-state index contributed by atoms with van der Waals surface area (Å²) in [6.07, 6.45) is 6.12. The molecule has 0 radical (unpaired) electrons. The van der Waals surface area contributed by atoms with Crippen LogP contribution in [-0.2, 0) is 19.1 Å². The lowest BCUT2D eigenvalue weighted by molar-refractivity contribution is -0.142. The summed E-state index contributed by atoms with van der Waals surface area (Å²) >= 11 is 1.67. The van der Waals surface area contributed by atoms with Crippen molar-refractivity contribution in [1.82, 2.24) is 5.32 Å². The van der Waals surface area contributed by atoms with E-state index in [1.54, 1.807) is 11.8 Å². The van der Waals surface area contributed by atoms with Crippen molar-refractivity contribution in [3.63, 3.8) is 0 Å². The van der Waals surface area contributed by atoms with Gasteiger partial charge in [0.05, 0.1) is 11.7 Å². The number of hydrogen-bond acceptors (Lipinski definition) is 6. The van der Waals surface area contributed by atoms with Crippen molar-refractivity contribution in [2.24, 2.45) is 0 Å². The van der Waals surface area contributed by atoms with Crippen LogP contribution in [0.25, 0.3) is 0 Å². The van der Waals surface area contributed by atoms with E-state index in [0.29, 0.717) is 12.0 Å². The molecule has 0 amide bonds. The largest absolute Gasteiger partial charge is 0.459 e. The lowest BCUT2D eigenvalue weighted by Crippen LogP contribution is -2.35. The molecular formula is C23H27NO4S. The van der Waals surface area contributed by atoms with E-state index in [1.165, 1.54) is 0 Å². The van der Waals surface area contributed by atoms with Gasteiger partial charge >= 0.3 is 5.97 Å². The van der Waals surface area contributed by atoms with E-state index in [-0.39, 0.29) is 30.4 Å². The van der Waals surface area contributed by atoms with Crippen molar-refractivity contribution in [3.05, 3.63) is 52.4 Å².